The van der Waals surface area contributed by atoms with Crippen molar-refractivity contribution in [3.63, 3.8) is 0 Å². The molecule has 1 aromatic heterocycles. The standard InChI is InChI=1S/C16H20BrN3O/c1-2-18-8-12-3-6-16(15(17)7-12)21-10-14-9-19-11-20(14)13-4-5-13/h3,6-7,9,11,13,18H,2,4-5,8,10H2,1H3. The molecule has 0 aliphatic heterocycles. The maximum absolute atomic E-state index is 5.93. The predicted molar refractivity (Wildman–Crippen MR) is 86.4 cm³/mol. The van der Waals surface area contributed by atoms with Crippen LogP contribution in [0.25, 0.3) is 0 Å². The zero-order chi connectivity index (χ0) is 14.7. The van der Waals surface area contributed by atoms with Crippen molar-refractivity contribution in [3.05, 3.63) is 46.5 Å². The molecule has 1 aromatic carbocycles. The van der Waals surface area contributed by atoms with Crippen molar-refractivity contribution < 1.29 is 4.74 Å². The van der Waals surface area contributed by atoms with Gasteiger partial charge in [-0.1, -0.05) is 13.0 Å². The topological polar surface area (TPSA) is 39.1 Å². The Morgan fingerprint density at radius 3 is 3.00 bits per heavy atom. The van der Waals surface area contributed by atoms with Gasteiger partial charge in [0.2, 0.25) is 0 Å². The van der Waals surface area contributed by atoms with Crippen molar-refractivity contribution in [2.75, 3.05) is 6.54 Å². The Labute approximate surface area is 133 Å². The third-order valence-electron chi connectivity index (χ3n) is 3.64. The molecular weight excluding hydrogens is 330 g/mol. The molecule has 0 atom stereocenters. The summed E-state index contributed by atoms with van der Waals surface area (Å²) in [6, 6.07) is 6.86. The molecule has 0 saturated heterocycles. The van der Waals surface area contributed by atoms with E-state index in [0.29, 0.717) is 12.6 Å². The van der Waals surface area contributed by atoms with Crippen LogP contribution in [0.4, 0.5) is 0 Å². The highest BCUT2D eigenvalue weighted by Gasteiger charge is 2.25. The number of imidazole rings is 1. The zero-order valence-corrected chi connectivity index (χ0v) is 13.8. The second-order valence-electron chi connectivity index (χ2n) is 5.36. The Kier molecular flexibility index (Phi) is 4.60. The summed E-state index contributed by atoms with van der Waals surface area (Å²) in [5.74, 6) is 0.874. The van der Waals surface area contributed by atoms with Gasteiger partial charge in [0.05, 0.1) is 22.7 Å². The molecule has 1 saturated carbocycles. The van der Waals surface area contributed by atoms with Gasteiger partial charge in [-0.05, 0) is 53.0 Å². The van der Waals surface area contributed by atoms with Gasteiger partial charge in [-0.2, -0.15) is 0 Å². The van der Waals surface area contributed by atoms with Gasteiger partial charge in [-0.15, -0.1) is 0 Å². The third kappa shape index (κ3) is 3.66. The van der Waals surface area contributed by atoms with Crippen molar-refractivity contribution in [2.45, 2.75) is 39.0 Å². The van der Waals surface area contributed by atoms with E-state index in [1.807, 2.05) is 18.6 Å². The van der Waals surface area contributed by atoms with E-state index in [0.717, 1.165) is 29.0 Å². The van der Waals surface area contributed by atoms with E-state index >= 15 is 0 Å². The number of benzene rings is 1. The molecule has 0 amide bonds. The average molecular weight is 350 g/mol. The first-order chi connectivity index (χ1) is 10.3. The predicted octanol–water partition coefficient (Wildman–Crippen LogP) is 3.67. The summed E-state index contributed by atoms with van der Waals surface area (Å²) >= 11 is 3.59. The van der Waals surface area contributed by atoms with E-state index < -0.39 is 0 Å². The molecule has 1 fully saturated rings. The van der Waals surface area contributed by atoms with Crippen molar-refractivity contribution >= 4 is 15.9 Å². The molecule has 112 valence electrons. The van der Waals surface area contributed by atoms with Gasteiger partial charge in [0, 0.05) is 12.6 Å². The first-order valence-electron chi connectivity index (χ1n) is 7.40. The van der Waals surface area contributed by atoms with Gasteiger partial charge < -0.3 is 14.6 Å². The van der Waals surface area contributed by atoms with Gasteiger partial charge in [0.25, 0.3) is 0 Å². The second kappa shape index (κ2) is 6.62. The number of nitrogens with zero attached hydrogens (tertiary/aromatic N) is 2. The maximum Gasteiger partial charge on any atom is 0.134 e. The Balaban J connectivity index is 1.63. The van der Waals surface area contributed by atoms with E-state index in [4.69, 9.17) is 4.74 Å². The van der Waals surface area contributed by atoms with Crippen LogP contribution in [0.15, 0.2) is 35.2 Å². The molecule has 5 heteroatoms. The smallest absolute Gasteiger partial charge is 0.134 e. The quantitative estimate of drug-likeness (QED) is 0.828. The summed E-state index contributed by atoms with van der Waals surface area (Å²) in [6.07, 6.45) is 6.31. The molecule has 0 unspecified atom stereocenters. The number of rotatable bonds is 7. The molecule has 0 bridgehead atoms. The van der Waals surface area contributed by atoms with E-state index in [-0.39, 0.29) is 0 Å². The first-order valence-corrected chi connectivity index (χ1v) is 8.20. The second-order valence-corrected chi connectivity index (χ2v) is 6.21. The normalized spacial score (nSPS) is 14.4. The summed E-state index contributed by atoms with van der Waals surface area (Å²) in [7, 11) is 0. The zero-order valence-electron chi connectivity index (χ0n) is 12.2. The van der Waals surface area contributed by atoms with Crippen LogP contribution in [-0.2, 0) is 13.2 Å². The fourth-order valence-electron chi connectivity index (χ4n) is 2.32. The summed E-state index contributed by atoms with van der Waals surface area (Å²) < 4.78 is 9.16. The van der Waals surface area contributed by atoms with Crippen molar-refractivity contribution in [3.8, 4) is 5.75 Å². The summed E-state index contributed by atoms with van der Waals surface area (Å²) in [5.41, 5.74) is 2.39. The molecule has 0 radical (unpaired) electrons. The molecule has 0 spiro atoms. The lowest BCUT2D eigenvalue weighted by molar-refractivity contribution is 0.293. The highest BCUT2D eigenvalue weighted by atomic mass is 79.9. The van der Waals surface area contributed by atoms with Crippen LogP contribution in [0.2, 0.25) is 0 Å². The molecule has 1 aliphatic rings. The fraction of sp³-hybridized carbons (Fsp3) is 0.438. The molecule has 3 rings (SSSR count). The highest BCUT2D eigenvalue weighted by molar-refractivity contribution is 9.10. The Bertz CT molecular complexity index is 607. The lowest BCUT2D eigenvalue weighted by atomic mass is 10.2. The van der Waals surface area contributed by atoms with Gasteiger partial charge in [0.15, 0.2) is 0 Å². The van der Waals surface area contributed by atoms with Crippen molar-refractivity contribution in [2.24, 2.45) is 0 Å². The van der Waals surface area contributed by atoms with Crippen molar-refractivity contribution in [1.29, 1.82) is 0 Å². The number of hydrogen-bond donors (Lipinski definition) is 1. The monoisotopic (exact) mass is 349 g/mol. The Morgan fingerprint density at radius 2 is 2.29 bits per heavy atom. The summed E-state index contributed by atoms with van der Waals surface area (Å²) in [4.78, 5) is 4.23. The van der Waals surface area contributed by atoms with Gasteiger partial charge in [-0.25, -0.2) is 4.98 Å². The Morgan fingerprint density at radius 1 is 1.43 bits per heavy atom. The molecule has 1 aliphatic carbocycles. The summed E-state index contributed by atoms with van der Waals surface area (Å²) in [6.45, 7) is 4.52. The largest absolute Gasteiger partial charge is 0.486 e. The molecular formula is C16H20BrN3O. The lowest BCUT2D eigenvalue weighted by Gasteiger charge is -2.11. The van der Waals surface area contributed by atoms with Gasteiger partial charge in [0.1, 0.15) is 12.4 Å². The molecule has 21 heavy (non-hydrogen) atoms. The van der Waals surface area contributed by atoms with E-state index in [1.165, 1.54) is 18.4 Å². The number of nitrogens with one attached hydrogen (secondary N) is 1. The van der Waals surface area contributed by atoms with Crippen LogP contribution in [-0.4, -0.2) is 16.1 Å². The molecule has 1 heterocycles. The minimum Gasteiger partial charge on any atom is -0.486 e. The number of hydrogen-bond acceptors (Lipinski definition) is 3. The number of aromatic nitrogens is 2. The summed E-state index contributed by atoms with van der Waals surface area (Å²) in [5, 5.41) is 3.32. The van der Waals surface area contributed by atoms with Crippen molar-refractivity contribution in [1.82, 2.24) is 14.9 Å². The number of ether oxygens (including phenoxy) is 1. The van der Waals surface area contributed by atoms with Crippen LogP contribution in [0, 0.1) is 0 Å². The van der Waals surface area contributed by atoms with Crippen LogP contribution in [0.1, 0.15) is 37.1 Å². The molecule has 1 N–H and O–H groups in total. The molecule has 2 aromatic rings. The number of halogens is 1. The highest BCUT2D eigenvalue weighted by Crippen LogP contribution is 2.36. The van der Waals surface area contributed by atoms with Crippen LogP contribution in [0.3, 0.4) is 0 Å². The lowest BCUT2D eigenvalue weighted by Crippen LogP contribution is -2.11. The SMILES string of the molecule is CCNCc1ccc(OCc2cncn2C2CC2)c(Br)c1. The maximum atomic E-state index is 5.93. The van der Waals surface area contributed by atoms with Gasteiger partial charge >= 0.3 is 0 Å². The fourth-order valence-corrected chi connectivity index (χ4v) is 2.86. The third-order valence-corrected chi connectivity index (χ3v) is 4.26. The van der Waals surface area contributed by atoms with Crippen LogP contribution >= 0.6 is 15.9 Å². The minimum atomic E-state index is 0.557. The average Bonchev–Trinajstić information content (AvgIpc) is 3.23. The van der Waals surface area contributed by atoms with Gasteiger partial charge in [-0.3, -0.25) is 0 Å². The first kappa shape index (κ1) is 14.6. The van der Waals surface area contributed by atoms with E-state index in [1.54, 1.807) is 0 Å². The molecule has 4 nitrogen and oxygen atoms in total. The van der Waals surface area contributed by atoms with Crippen LogP contribution < -0.4 is 10.1 Å². The minimum absolute atomic E-state index is 0.557. The van der Waals surface area contributed by atoms with E-state index in [9.17, 15) is 0 Å². The van der Waals surface area contributed by atoms with E-state index in [2.05, 4.69) is 49.9 Å². The van der Waals surface area contributed by atoms with Crippen LogP contribution in [0.5, 0.6) is 5.75 Å². The Hall–Kier alpha value is -1.33.